The van der Waals surface area contributed by atoms with Crippen molar-refractivity contribution in [1.29, 1.82) is 0 Å². The lowest BCUT2D eigenvalue weighted by molar-refractivity contribution is 0.0742. The van der Waals surface area contributed by atoms with Crippen LogP contribution in [0.2, 0.25) is 0 Å². The Morgan fingerprint density at radius 2 is 2.47 bits per heavy atom. The first-order chi connectivity index (χ1) is 9.22. The fourth-order valence-electron chi connectivity index (χ4n) is 1.91. The standard InChI is InChI=1S/C14H16N2O2S/c1-16(12-6-8-19-10-12)14(18)13-5-4-11(9-15-13)3-2-7-17/h4-5,9,12,17H,6-8,10H2,1H3. The van der Waals surface area contributed by atoms with Crippen molar-refractivity contribution in [3.63, 3.8) is 0 Å². The fraction of sp³-hybridized carbons (Fsp3) is 0.429. The van der Waals surface area contributed by atoms with E-state index in [4.69, 9.17) is 5.11 Å². The molecule has 0 saturated carbocycles. The molecule has 1 N–H and O–H groups in total. The summed E-state index contributed by atoms with van der Waals surface area (Å²) in [4.78, 5) is 18.2. The number of carbonyl (C=O) groups excluding carboxylic acids is 1. The SMILES string of the molecule is CN(C(=O)c1ccc(C#CCO)cn1)C1CCSC1. The summed E-state index contributed by atoms with van der Waals surface area (Å²) in [6, 6.07) is 3.75. The van der Waals surface area contributed by atoms with E-state index in [1.54, 1.807) is 23.2 Å². The predicted octanol–water partition coefficient (Wildman–Crippen LogP) is 1.00. The molecular weight excluding hydrogens is 260 g/mol. The molecule has 0 aromatic carbocycles. The first-order valence-electron chi connectivity index (χ1n) is 6.13. The summed E-state index contributed by atoms with van der Waals surface area (Å²) in [6.07, 6.45) is 2.61. The van der Waals surface area contributed by atoms with E-state index < -0.39 is 0 Å². The molecule has 1 aliphatic heterocycles. The highest BCUT2D eigenvalue weighted by Crippen LogP contribution is 2.22. The average Bonchev–Trinajstić information content (AvgIpc) is 2.98. The zero-order valence-corrected chi connectivity index (χ0v) is 11.6. The monoisotopic (exact) mass is 276 g/mol. The molecule has 1 unspecified atom stereocenters. The van der Waals surface area contributed by atoms with Crippen LogP contribution in [0.15, 0.2) is 18.3 Å². The Balaban J connectivity index is 2.06. The number of aromatic nitrogens is 1. The molecule has 1 atom stereocenters. The van der Waals surface area contributed by atoms with Gasteiger partial charge in [-0.05, 0) is 24.3 Å². The molecule has 1 fully saturated rings. The summed E-state index contributed by atoms with van der Waals surface area (Å²) in [5.41, 5.74) is 1.14. The van der Waals surface area contributed by atoms with Gasteiger partial charge in [-0.1, -0.05) is 11.8 Å². The van der Waals surface area contributed by atoms with E-state index in [0.717, 1.165) is 17.9 Å². The Labute approximate surface area is 117 Å². The van der Waals surface area contributed by atoms with E-state index >= 15 is 0 Å². The lowest BCUT2D eigenvalue weighted by Gasteiger charge is -2.23. The molecule has 1 aliphatic rings. The van der Waals surface area contributed by atoms with Crippen LogP contribution in [0.1, 0.15) is 22.5 Å². The minimum Gasteiger partial charge on any atom is -0.384 e. The van der Waals surface area contributed by atoms with Crippen molar-refractivity contribution < 1.29 is 9.90 Å². The number of hydrogen-bond acceptors (Lipinski definition) is 4. The summed E-state index contributed by atoms with van der Waals surface area (Å²) in [7, 11) is 1.83. The Hall–Kier alpha value is -1.51. The summed E-state index contributed by atoms with van der Waals surface area (Å²) >= 11 is 1.88. The van der Waals surface area contributed by atoms with Crippen LogP contribution in [0, 0.1) is 11.8 Å². The maximum atomic E-state index is 12.2. The molecule has 2 rings (SSSR count). The lowest BCUT2D eigenvalue weighted by Crippen LogP contribution is -2.37. The number of thioether (sulfide) groups is 1. The smallest absolute Gasteiger partial charge is 0.272 e. The molecule has 19 heavy (non-hydrogen) atoms. The van der Waals surface area contributed by atoms with E-state index in [1.807, 2.05) is 18.8 Å². The second-order valence-electron chi connectivity index (χ2n) is 4.33. The van der Waals surface area contributed by atoms with Crippen LogP contribution < -0.4 is 0 Å². The van der Waals surface area contributed by atoms with Gasteiger partial charge in [0.2, 0.25) is 0 Å². The van der Waals surface area contributed by atoms with Gasteiger partial charge in [-0.15, -0.1) is 0 Å². The number of nitrogens with zero attached hydrogens (tertiary/aromatic N) is 2. The second-order valence-corrected chi connectivity index (χ2v) is 5.48. The number of pyridine rings is 1. The Bertz CT molecular complexity index is 498. The van der Waals surface area contributed by atoms with E-state index in [1.165, 1.54) is 0 Å². The van der Waals surface area contributed by atoms with Crippen molar-refractivity contribution in [3.8, 4) is 11.8 Å². The molecule has 1 aromatic rings. The topological polar surface area (TPSA) is 53.4 Å². The third-order valence-electron chi connectivity index (χ3n) is 3.07. The zero-order valence-electron chi connectivity index (χ0n) is 10.8. The van der Waals surface area contributed by atoms with Crippen molar-refractivity contribution in [3.05, 3.63) is 29.6 Å². The average molecular weight is 276 g/mol. The number of aliphatic hydroxyl groups is 1. The molecule has 0 bridgehead atoms. The first kappa shape index (κ1) is 13.9. The molecule has 4 nitrogen and oxygen atoms in total. The van der Waals surface area contributed by atoms with Gasteiger partial charge in [-0.3, -0.25) is 4.79 Å². The fourth-order valence-corrected chi connectivity index (χ4v) is 3.18. The van der Waals surface area contributed by atoms with E-state index in [9.17, 15) is 4.79 Å². The van der Waals surface area contributed by atoms with Crippen molar-refractivity contribution in [2.45, 2.75) is 12.5 Å². The second kappa shape index (κ2) is 6.60. The number of rotatable bonds is 2. The minimum absolute atomic E-state index is 0.0471. The Kier molecular flexibility index (Phi) is 4.83. The maximum Gasteiger partial charge on any atom is 0.272 e. The molecule has 100 valence electrons. The number of hydrogen-bond donors (Lipinski definition) is 1. The summed E-state index contributed by atoms with van der Waals surface area (Å²) < 4.78 is 0. The molecular formula is C14H16N2O2S. The van der Waals surface area contributed by atoms with Gasteiger partial charge in [0.25, 0.3) is 5.91 Å². The number of aliphatic hydroxyl groups excluding tert-OH is 1. The summed E-state index contributed by atoms with van der Waals surface area (Å²) in [6.45, 7) is -0.178. The molecule has 0 radical (unpaired) electrons. The van der Waals surface area contributed by atoms with Crippen LogP contribution in [-0.4, -0.2) is 52.1 Å². The third kappa shape index (κ3) is 3.49. The van der Waals surface area contributed by atoms with E-state index in [0.29, 0.717) is 17.3 Å². The van der Waals surface area contributed by atoms with E-state index in [-0.39, 0.29) is 12.5 Å². The predicted molar refractivity (Wildman–Crippen MR) is 76.0 cm³/mol. The summed E-state index contributed by atoms with van der Waals surface area (Å²) in [5.74, 6) is 7.37. The van der Waals surface area contributed by atoms with Crippen LogP contribution in [0.5, 0.6) is 0 Å². The van der Waals surface area contributed by atoms with Crippen LogP contribution in [-0.2, 0) is 0 Å². The Morgan fingerprint density at radius 3 is 3.05 bits per heavy atom. The maximum absolute atomic E-state index is 12.2. The lowest BCUT2D eigenvalue weighted by atomic mass is 10.2. The first-order valence-corrected chi connectivity index (χ1v) is 7.28. The highest BCUT2D eigenvalue weighted by atomic mass is 32.2. The van der Waals surface area contributed by atoms with Crippen LogP contribution in [0.3, 0.4) is 0 Å². The molecule has 1 saturated heterocycles. The van der Waals surface area contributed by atoms with Crippen LogP contribution in [0.4, 0.5) is 0 Å². The highest BCUT2D eigenvalue weighted by Gasteiger charge is 2.25. The van der Waals surface area contributed by atoms with Gasteiger partial charge < -0.3 is 10.0 Å². The van der Waals surface area contributed by atoms with Gasteiger partial charge in [-0.25, -0.2) is 4.98 Å². The summed E-state index contributed by atoms with van der Waals surface area (Å²) in [5, 5.41) is 8.61. The normalized spacial score (nSPS) is 17.7. The molecule has 0 aliphatic carbocycles. The van der Waals surface area contributed by atoms with Gasteiger partial charge in [0.15, 0.2) is 0 Å². The van der Waals surface area contributed by atoms with Gasteiger partial charge in [0, 0.05) is 30.6 Å². The van der Waals surface area contributed by atoms with Crippen LogP contribution in [0.25, 0.3) is 0 Å². The van der Waals surface area contributed by atoms with E-state index in [2.05, 4.69) is 16.8 Å². The van der Waals surface area contributed by atoms with Gasteiger partial charge >= 0.3 is 0 Å². The number of carbonyl (C=O) groups is 1. The van der Waals surface area contributed by atoms with Crippen LogP contribution >= 0.6 is 11.8 Å². The van der Waals surface area contributed by atoms with Gasteiger partial charge in [-0.2, -0.15) is 11.8 Å². The third-order valence-corrected chi connectivity index (χ3v) is 4.21. The van der Waals surface area contributed by atoms with Crippen molar-refractivity contribution >= 4 is 17.7 Å². The number of amides is 1. The highest BCUT2D eigenvalue weighted by molar-refractivity contribution is 7.99. The zero-order chi connectivity index (χ0) is 13.7. The Morgan fingerprint density at radius 1 is 1.63 bits per heavy atom. The molecule has 2 heterocycles. The molecule has 0 spiro atoms. The molecule has 1 amide bonds. The largest absolute Gasteiger partial charge is 0.384 e. The molecule has 1 aromatic heterocycles. The van der Waals surface area contributed by atoms with Crippen molar-refractivity contribution in [2.75, 3.05) is 25.2 Å². The van der Waals surface area contributed by atoms with Gasteiger partial charge in [0.1, 0.15) is 12.3 Å². The quantitative estimate of drug-likeness (QED) is 0.819. The van der Waals surface area contributed by atoms with Crippen molar-refractivity contribution in [1.82, 2.24) is 9.88 Å². The minimum atomic E-state index is -0.178. The van der Waals surface area contributed by atoms with Gasteiger partial charge in [0.05, 0.1) is 0 Å². The van der Waals surface area contributed by atoms with Crippen molar-refractivity contribution in [2.24, 2.45) is 0 Å². The molecule has 5 heteroatoms.